The Morgan fingerprint density at radius 3 is 2.36 bits per heavy atom. The fraction of sp³-hybridized carbons (Fsp3) is 0.357. The summed E-state index contributed by atoms with van der Waals surface area (Å²) in [5, 5.41) is 33.2. The van der Waals surface area contributed by atoms with Gasteiger partial charge in [-0.05, 0) is 13.0 Å². The van der Waals surface area contributed by atoms with Gasteiger partial charge in [-0.3, -0.25) is 24.7 Å². The number of hydrogen-bond donors (Lipinski definition) is 2. The summed E-state index contributed by atoms with van der Waals surface area (Å²) >= 11 is 0. The van der Waals surface area contributed by atoms with E-state index in [0.717, 1.165) is 17.3 Å². The molecule has 11 nitrogen and oxygen atoms in total. The summed E-state index contributed by atoms with van der Waals surface area (Å²) < 4.78 is 10.3. The van der Waals surface area contributed by atoms with Crippen LogP contribution in [0.25, 0.3) is 0 Å². The Morgan fingerprint density at radius 1 is 1.32 bits per heavy atom. The largest absolute Gasteiger partial charge is 0.490 e. The van der Waals surface area contributed by atoms with E-state index in [1.54, 1.807) is 6.92 Å². The van der Waals surface area contributed by atoms with Gasteiger partial charge in [0, 0.05) is 11.6 Å². The van der Waals surface area contributed by atoms with E-state index in [0.29, 0.717) is 0 Å². The van der Waals surface area contributed by atoms with Crippen LogP contribution in [-0.2, 0) is 9.59 Å². The van der Waals surface area contributed by atoms with Crippen LogP contribution in [0.3, 0.4) is 0 Å². The van der Waals surface area contributed by atoms with Crippen molar-refractivity contribution in [2.24, 2.45) is 5.10 Å². The SMILES string of the molecule is CCOc1cc(/C=N\N(CC(=O)O)CC(=O)O)cc([N+](=O)[O-])c1OC. The van der Waals surface area contributed by atoms with Crippen LogP contribution in [0.1, 0.15) is 12.5 Å². The van der Waals surface area contributed by atoms with Crippen molar-refractivity contribution in [2.45, 2.75) is 6.92 Å². The summed E-state index contributed by atoms with van der Waals surface area (Å²) in [6, 6.07) is 2.57. The number of benzene rings is 1. The second-order valence-corrected chi connectivity index (χ2v) is 4.62. The lowest BCUT2D eigenvalue weighted by Crippen LogP contribution is -2.30. The Labute approximate surface area is 142 Å². The van der Waals surface area contributed by atoms with E-state index >= 15 is 0 Å². The average Bonchev–Trinajstić information content (AvgIpc) is 2.51. The third-order valence-corrected chi connectivity index (χ3v) is 2.76. The minimum Gasteiger partial charge on any atom is -0.490 e. The molecular weight excluding hydrogens is 338 g/mol. The molecular formula is C14H17N3O8. The van der Waals surface area contributed by atoms with Crippen molar-refractivity contribution in [3.63, 3.8) is 0 Å². The maximum atomic E-state index is 11.2. The molecule has 0 aliphatic carbocycles. The molecule has 0 amide bonds. The molecule has 11 heteroatoms. The van der Waals surface area contributed by atoms with Crippen LogP contribution < -0.4 is 9.47 Å². The molecule has 2 N–H and O–H groups in total. The normalized spacial score (nSPS) is 10.5. The highest BCUT2D eigenvalue weighted by Gasteiger charge is 2.21. The first-order chi connectivity index (χ1) is 11.8. The predicted octanol–water partition coefficient (Wildman–Crippen LogP) is 0.807. The number of rotatable bonds is 10. The summed E-state index contributed by atoms with van der Waals surface area (Å²) in [7, 11) is 1.26. The van der Waals surface area contributed by atoms with Crippen molar-refractivity contribution in [2.75, 3.05) is 26.8 Å². The maximum Gasteiger partial charge on any atom is 0.324 e. The lowest BCUT2D eigenvalue weighted by atomic mass is 10.2. The third kappa shape index (κ3) is 5.97. The van der Waals surface area contributed by atoms with E-state index in [1.807, 2.05) is 0 Å². The molecule has 0 aliphatic heterocycles. The molecule has 136 valence electrons. The number of hydrazone groups is 1. The van der Waals surface area contributed by atoms with Crippen molar-refractivity contribution in [1.29, 1.82) is 0 Å². The molecule has 0 atom stereocenters. The number of ether oxygens (including phenoxy) is 2. The molecule has 0 fully saturated rings. The summed E-state index contributed by atoms with van der Waals surface area (Å²) in [6.45, 7) is 0.643. The Kier molecular flexibility index (Phi) is 7.13. The Bertz CT molecular complexity index is 673. The third-order valence-electron chi connectivity index (χ3n) is 2.76. The fourth-order valence-corrected chi connectivity index (χ4v) is 1.88. The monoisotopic (exact) mass is 355 g/mol. The number of nitro benzene ring substituents is 1. The summed E-state index contributed by atoms with van der Waals surface area (Å²) in [5.41, 5.74) is -0.144. The number of carbonyl (C=O) groups is 2. The number of hydrogen-bond acceptors (Lipinski definition) is 8. The number of aliphatic carboxylic acids is 2. The highest BCUT2D eigenvalue weighted by molar-refractivity contribution is 5.83. The van der Waals surface area contributed by atoms with Gasteiger partial charge in [-0.2, -0.15) is 5.10 Å². The van der Waals surface area contributed by atoms with E-state index in [2.05, 4.69) is 5.10 Å². The first-order valence-corrected chi connectivity index (χ1v) is 7.00. The molecule has 0 saturated heterocycles. The number of carboxylic acid groups (broad SMARTS) is 2. The molecule has 1 aromatic carbocycles. The Balaban J connectivity index is 3.23. The molecule has 0 saturated carbocycles. The lowest BCUT2D eigenvalue weighted by molar-refractivity contribution is -0.385. The quantitative estimate of drug-likeness (QED) is 0.352. The van der Waals surface area contributed by atoms with Crippen molar-refractivity contribution in [3.8, 4) is 11.5 Å². The van der Waals surface area contributed by atoms with Crippen LogP contribution in [0.5, 0.6) is 11.5 Å². The van der Waals surface area contributed by atoms with Crippen molar-refractivity contribution < 1.29 is 34.2 Å². The zero-order chi connectivity index (χ0) is 19.0. The number of methoxy groups -OCH3 is 1. The number of nitro groups is 1. The topological polar surface area (TPSA) is 152 Å². The predicted molar refractivity (Wildman–Crippen MR) is 85.3 cm³/mol. The first kappa shape index (κ1) is 19.7. The van der Waals surface area contributed by atoms with Gasteiger partial charge in [0.1, 0.15) is 13.1 Å². The van der Waals surface area contributed by atoms with E-state index in [-0.39, 0.29) is 29.4 Å². The van der Waals surface area contributed by atoms with E-state index < -0.39 is 30.0 Å². The Hall–Kier alpha value is -3.37. The van der Waals surface area contributed by atoms with E-state index in [9.17, 15) is 19.7 Å². The summed E-state index contributed by atoms with van der Waals surface area (Å²) in [6.07, 6.45) is 1.11. The van der Waals surface area contributed by atoms with Gasteiger partial charge in [0.25, 0.3) is 0 Å². The molecule has 1 rings (SSSR count). The average molecular weight is 355 g/mol. The lowest BCUT2D eigenvalue weighted by Gasteiger charge is -2.14. The first-order valence-electron chi connectivity index (χ1n) is 7.00. The second-order valence-electron chi connectivity index (χ2n) is 4.62. The second kappa shape index (κ2) is 9.05. The van der Waals surface area contributed by atoms with Gasteiger partial charge in [-0.1, -0.05) is 0 Å². The summed E-state index contributed by atoms with van der Waals surface area (Å²) in [5.74, 6) is -2.48. The molecule has 0 radical (unpaired) electrons. The highest BCUT2D eigenvalue weighted by Crippen LogP contribution is 2.37. The van der Waals surface area contributed by atoms with Crippen LogP contribution in [-0.4, -0.2) is 65.1 Å². The zero-order valence-electron chi connectivity index (χ0n) is 13.5. The molecule has 0 heterocycles. The van der Waals surface area contributed by atoms with Crippen molar-refractivity contribution >= 4 is 23.8 Å². The van der Waals surface area contributed by atoms with Gasteiger partial charge in [-0.15, -0.1) is 0 Å². The van der Waals surface area contributed by atoms with Gasteiger partial charge in [0.15, 0.2) is 5.75 Å². The van der Waals surface area contributed by atoms with Crippen LogP contribution in [0.4, 0.5) is 5.69 Å². The molecule has 0 aliphatic rings. The fourth-order valence-electron chi connectivity index (χ4n) is 1.88. The summed E-state index contributed by atoms with van der Waals surface area (Å²) in [4.78, 5) is 32.0. The van der Waals surface area contributed by atoms with Gasteiger partial charge in [0.05, 0.1) is 24.9 Å². The molecule has 0 spiro atoms. The molecule has 0 aromatic heterocycles. The highest BCUT2D eigenvalue weighted by atomic mass is 16.6. The maximum absolute atomic E-state index is 11.2. The van der Waals surface area contributed by atoms with Gasteiger partial charge < -0.3 is 19.7 Å². The standard InChI is InChI=1S/C14H17N3O8/c1-3-25-11-5-9(4-10(17(22)23)14(11)24-2)6-15-16(7-12(18)19)8-13(20)21/h4-6H,3,7-8H2,1-2H3,(H,18,19)(H,20,21)/b15-6-. The smallest absolute Gasteiger partial charge is 0.324 e. The van der Waals surface area contributed by atoms with Crippen molar-refractivity contribution in [1.82, 2.24) is 5.01 Å². The van der Waals surface area contributed by atoms with Crippen LogP contribution in [0, 0.1) is 10.1 Å². The molecule has 1 aromatic rings. The zero-order valence-corrected chi connectivity index (χ0v) is 13.5. The van der Waals surface area contributed by atoms with Gasteiger partial charge in [-0.25, -0.2) is 0 Å². The number of carboxylic acids is 2. The van der Waals surface area contributed by atoms with Crippen molar-refractivity contribution in [3.05, 3.63) is 27.8 Å². The minimum atomic E-state index is -1.27. The Morgan fingerprint density at radius 2 is 1.92 bits per heavy atom. The van der Waals surface area contributed by atoms with E-state index in [1.165, 1.54) is 13.2 Å². The van der Waals surface area contributed by atoms with E-state index in [4.69, 9.17) is 19.7 Å². The molecule has 25 heavy (non-hydrogen) atoms. The van der Waals surface area contributed by atoms with Gasteiger partial charge >= 0.3 is 17.6 Å². The van der Waals surface area contributed by atoms with Gasteiger partial charge in [0.2, 0.25) is 5.75 Å². The van der Waals surface area contributed by atoms with Crippen LogP contribution in [0.15, 0.2) is 17.2 Å². The van der Waals surface area contributed by atoms with Crippen LogP contribution >= 0.6 is 0 Å². The minimum absolute atomic E-state index is 0.0584. The molecule has 0 unspecified atom stereocenters. The molecule has 0 bridgehead atoms. The van der Waals surface area contributed by atoms with Crippen LogP contribution in [0.2, 0.25) is 0 Å². The number of nitrogens with zero attached hydrogens (tertiary/aromatic N) is 3.